The molecule has 1 unspecified atom stereocenters. The lowest BCUT2D eigenvalue weighted by atomic mass is 10.1. The van der Waals surface area contributed by atoms with E-state index in [0.717, 1.165) is 11.5 Å². The van der Waals surface area contributed by atoms with Crippen LogP contribution in [0.5, 0.6) is 0 Å². The van der Waals surface area contributed by atoms with Crippen LogP contribution in [0, 0.1) is 13.8 Å². The van der Waals surface area contributed by atoms with Crippen molar-refractivity contribution in [2.75, 3.05) is 20.6 Å². The van der Waals surface area contributed by atoms with Gasteiger partial charge in [-0.05, 0) is 40.1 Å². The molecule has 2 rings (SSSR count). The molecule has 0 radical (unpaired) electrons. The SMILES string of the molecule is Cc1n[nH]c(C)c1C(=O)NCC(c1ccco1)N(C)C. The van der Waals surface area contributed by atoms with Gasteiger partial charge in [-0.1, -0.05) is 0 Å². The number of likely N-dealkylation sites (N-methyl/N-ethyl adjacent to an activating group) is 1. The van der Waals surface area contributed by atoms with Gasteiger partial charge in [0, 0.05) is 12.2 Å². The van der Waals surface area contributed by atoms with Gasteiger partial charge < -0.3 is 9.73 Å². The van der Waals surface area contributed by atoms with Gasteiger partial charge in [0.1, 0.15) is 5.76 Å². The lowest BCUT2D eigenvalue weighted by Gasteiger charge is -2.22. The fraction of sp³-hybridized carbons (Fsp3) is 0.429. The lowest BCUT2D eigenvalue weighted by molar-refractivity contribution is 0.0938. The number of hydrogen-bond donors (Lipinski definition) is 2. The van der Waals surface area contributed by atoms with Crippen molar-refractivity contribution in [3.8, 4) is 0 Å². The van der Waals surface area contributed by atoms with Crippen molar-refractivity contribution in [3.05, 3.63) is 41.1 Å². The number of carbonyl (C=O) groups excluding carboxylic acids is 1. The van der Waals surface area contributed by atoms with Gasteiger partial charge in [0.25, 0.3) is 5.91 Å². The van der Waals surface area contributed by atoms with Crippen LogP contribution in [0.4, 0.5) is 0 Å². The van der Waals surface area contributed by atoms with E-state index < -0.39 is 0 Å². The summed E-state index contributed by atoms with van der Waals surface area (Å²) in [5.41, 5.74) is 2.10. The molecule has 0 fully saturated rings. The Labute approximate surface area is 118 Å². The first kappa shape index (κ1) is 14.3. The average molecular weight is 276 g/mol. The third kappa shape index (κ3) is 2.91. The smallest absolute Gasteiger partial charge is 0.255 e. The molecule has 0 aliphatic rings. The number of amides is 1. The van der Waals surface area contributed by atoms with Gasteiger partial charge in [-0.25, -0.2) is 0 Å². The Bertz CT molecular complexity index is 553. The molecule has 0 aliphatic heterocycles. The number of aromatic amines is 1. The molecule has 1 atom stereocenters. The third-order valence-electron chi connectivity index (χ3n) is 3.31. The fourth-order valence-electron chi connectivity index (χ4n) is 2.18. The zero-order valence-electron chi connectivity index (χ0n) is 12.2. The van der Waals surface area contributed by atoms with Gasteiger partial charge in [-0.3, -0.25) is 14.8 Å². The van der Waals surface area contributed by atoms with E-state index in [2.05, 4.69) is 15.5 Å². The molecule has 6 heteroatoms. The number of carbonyl (C=O) groups is 1. The van der Waals surface area contributed by atoms with Crippen LogP contribution < -0.4 is 5.32 Å². The first-order valence-electron chi connectivity index (χ1n) is 6.50. The molecular weight excluding hydrogens is 256 g/mol. The zero-order chi connectivity index (χ0) is 14.7. The van der Waals surface area contributed by atoms with Crippen molar-refractivity contribution in [1.29, 1.82) is 0 Å². The number of nitrogens with one attached hydrogen (secondary N) is 2. The second-order valence-electron chi connectivity index (χ2n) is 5.01. The minimum absolute atomic E-state index is 0.00135. The summed E-state index contributed by atoms with van der Waals surface area (Å²) in [6, 6.07) is 3.75. The predicted octanol–water partition coefficient (Wildman–Crippen LogP) is 1.65. The van der Waals surface area contributed by atoms with Gasteiger partial charge in [0.05, 0.1) is 23.6 Å². The molecule has 20 heavy (non-hydrogen) atoms. The maximum atomic E-state index is 12.2. The van der Waals surface area contributed by atoms with Gasteiger partial charge in [0.2, 0.25) is 0 Å². The number of furan rings is 1. The van der Waals surface area contributed by atoms with Gasteiger partial charge in [-0.2, -0.15) is 5.10 Å². The predicted molar refractivity (Wildman–Crippen MR) is 75.5 cm³/mol. The third-order valence-corrected chi connectivity index (χ3v) is 3.31. The molecule has 2 aromatic rings. The van der Waals surface area contributed by atoms with Crippen molar-refractivity contribution in [1.82, 2.24) is 20.4 Å². The molecule has 6 nitrogen and oxygen atoms in total. The zero-order valence-corrected chi connectivity index (χ0v) is 12.2. The van der Waals surface area contributed by atoms with Crippen LogP contribution in [0.1, 0.15) is 33.5 Å². The molecule has 0 aliphatic carbocycles. The van der Waals surface area contributed by atoms with E-state index in [4.69, 9.17) is 4.42 Å². The number of rotatable bonds is 5. The molecule has 0 bridgehead atoms. The van der Waals surface area contributed by atoms with Crippen molar-refractivity contribution in [2.45, 2.75) is 19.9 Å². The van der Waals surface area contributed by atoms with E-state index in [0.29, 0.717) is 17.8 Å². The van der Waals surface area contributed by atoms with Crippen LogP contribution in [0.2, 0.25) is 0 Å². The summed E-state index contributed by atoms with van der Waals surface area (Å²) in [5, 5.41) is 9.79. The molecule has 2 N–H and O–H groups in total. The maximum Gasteiger partial charge on any atom is 0.255 e. The molecule has 0 spiro atoms. The quantitative estimate of drug-likeness (QED) is 0.871. The number of nitrogens with zero attached hydrogens (tertiary/aromatic N) is 2. The average Bonchev–Trinajstić information content (AvgIpc) is 3.00. The van der Waals surface area contributed by atoms with Crippen LogP contribution >= 0.6 is 0 Å². The fourth-order valence-corrected chi connectivity index (χ4v) is 2.18. The van der Waals surface area contributed by atoms with E-state index >= 15 is 0 Å². The van der Waals surface area contributed by atoms with E-state index in [-0.39, 0.29) is 11.9 Å². The standard InChI is InChI=1S/C14H20N4O2/c1-9-13(10(2)17-16-9)14(19)15-8-11(18(3)4)12-6-5-7-20-12/h5-7,11H,8H2,1-4H3,(H,15,19)(H,16,17). The van der Waals surface area contributed by atoms with Gasteiger partial charge >= 0.3 is 0 Å². The van der Waals surface area contributed by atoms with Crippen LogP contribution in [-0.4, -0.2) is 41.6 Å². The molecule has 0 aromatic carbocycles. The highest BCUT2D eigenvalue weighted by Gasteiger charge is 2.20. The van der Waals surface area contributed by atoms with Crippen LogP contribution in [-0.2, 0) is 0 Å². The second-order valence-corrected chi connectivity index (χ2v) is 5.01. The lowest BCUT2D eigenvalue weighted by Crippen LogP contribution is -2.34. The Kier molecular flexibility index (Phi) is 4.24. The highest BCUT2D eigenvalue weighted by molar-refractivity contribution is 5.96. The normalized spacial score (nSPS) is 12.7. The molecular formula is C14H20N4O2. The van der Waals surface area contributed by atoms with Crippen LogP contribution in [0.3, 0.4) is 0 Å². The van der Waals surface area contributed by atoms with Crippen molar-refractivity contribution in [2.24, 2.45) is 0 Å². The largest absolute Gasteiger partial charge is 0.468 e. The molecule has 2 heterocycles. The Hall–Kier alpha value is -2.08. The summed E-state index contributed by atoms with van der Waals surface area (Å²) < 4.78 is 5.42. The van der Waals surface area contributed by atoms with E-state index in [1.54, 1.807) is 6.26 Å². The summed E-state index contributed by atoms with van der Waals surface area (Å²) in [7, 11) is 3.90. The summed E-state index contributed by atoms with van der Waals surface area (Å²) in [4.78, 5) is 14.2. The first-order valence-corrected chi connectivity index (χ1v) is 6.50. The second kappa shape index (κ2) is 5.92. The number of aryl methyl sites for hydroxylation is 2. The van der Waals surface area contributed by atoms with Crippen LogP contribution in [0.25, 0.3) is 0 Å². The maximum absolute atomic E-state index is 12.2. The molecule has 108 valence electrons. The summed E-state index contributed by atoms with van der Waals surface area (Å²) in [6.45, 7) is 4.13. The minimum Gasteiger partial charge on any atom is -0.468 e. The Morgan fingerprint density at radius 2 is 2.25 bits per heavy atom. The Balaban J connectivity index is 2.05. The summed E-state index contributed by atoms with van der Waals surface area (Å²) in [6.07, 6.45) is 1.64. The number of hydrogen-bond acceptors (Lipinski definition) is 4. The minimum atomic E-state index is -0.118. The van der Waals surface area contributed by atoms with Crippen molar-refractivity contribution < 1.29 is 9.21 Å². The molecule has 0 saturated heterocycles. The monoisotopic (exact) mass is 276 g/mol. The highest BCUT2D eigenvalue weighted by atomic mass is 16.3. The van der Waals surface area contributed by atoms with Crippen LogP contribution in [0.15, 0.2) is 22.8 Å². The summed E-state index contributed by atoms with van der Waals surface area (Å²) >= 11 is 0. The van der Waals surface area contributed by atoms with Gasteiger partial charge in [-0.15, -0.1) is 0 Å². The number of aromatic nitrogens is 2. The highest BCUT2D eigenvalue weighted by Crippen LogP contribution is 2.18. The molecule has 1 amide bonds. The van der Waals surface area contributed by atoms with E-state index in [9.17, 15) is 4.79 Å². The molecule has 0 saturated carbocycles. The summed E-state index contributed by atoms with van der Waals surface area (Å²) in [5.74, 6) is 0.711. The van der Waals surface area contributed by atoms with Gasteiger partial charge in [0.15, 0.2) is 0 Å². The van der Waals surface area contributed by atoms with E-state index in [1.165, 1.54) is 0 Å². The number of H-pyrrole nitrogens is 1. The van der Waals surface area contributed by atoms with Crippen molar-refractivity contribution >= 4 is 5.91 Å². The first-order chi connectivity index (χ1) is 9.50. The van der Waals surface area contributed by atoms with E-state index in [1.807, 2.05) is 45.0 Å². The topological polar surface area (TPSA) is 74.2 Å². The van der Waals surface area contributed by atoms with Crippen molar-refractivity contribution in [3.63, 3.8) is 0 Å². The Morgan fingerprint density at radius 1 is 1.50 bits per heavy atom. The molecule has 2 aromatic heterocycles. The Morgan fingerprint density at radius 3 is 2.75 bits per heavy atom.